The van der Waals surface area contributed by atoms with Gasteiger partial charge in [0, 0.05) is 57.0 Å². The molecule has 1 aliphatic carbocycles. The van der Waals surface area contributed by atoms with Crippen LogP contribution in [0.5, 0.6) is 0 Å². The first kappa shape index (κ1) is 21.7. The molecule has 2 saturated heterocycles. The average molecular weight is 429 g/mol. The van der Waals surface area contributed by atoms with E-state index >= 15 is 0 Å². The van der Waals surface area contributed by atoms with Gasteiger partial charge in [0.2, 0.25) is 5.91 Å². The van der Waals surface area contributed by atoms with Crippen LogP contribution in [0.1, 0.15) is 55.3 Å². The van der Waals surface area contributed by atoms with Gasteiger partial charge in [-0.1, -0.05) is 18.9 Å². The summed E-state index contributed by atoms with van der Waals surface area (Å²) in [5, 5.41) is 11.0. The number of nitrogens with zero attached hydrogens (tertiary/aromatic N) is 4. The highest BCUT2D eigenvalue weighted by atomic mass is 16.6. The van der Waals surface area contributed by atoms with Gasteiger partial charge in [-0.3, -0.25) is 24.6 Å². The number of hydrogen-bond donors (Lipinski definition) is 0. The van der Waals surface area contributed by atoms with Crippen molar-refractivity contribution in [3.8, 4) is 0 Å². The van der Waals surface area contributed by atoms with Crippen molar-refractivity contribution in [2.24, 2.45) is 5.92 Å². The average Bonchev–Trinajstić information content (AvgIpc) is 3.34. The van der Waals surface area contributed by atoms with Crippen LogP contribution in [-0.4, -0.2) is 76.7 Å². The van der Waals surface area contributed by atoms with E-state index in [1.807, 2.05) is 0 Å². The van der Waals surface area contributed by atoms with Gasteiger partial charge in [0.05, 0.1) is 11.0 Å². The van der Waals surface area contributed by atoms with Crippen LogP contribution < -0.4 is 0 Å². The van der Waals surface area contributed by atoms with Crippen molar-refractivity contribution < 1.29 is 14.5 Å². The van der Waals surface area contributed by atoms with Crippen molar-refractivity contribution in [1.82, 2.24) is 14.7 Å². The maximum Gasteiger partial charge on any atom is 0.270 e. The Kier molecular flexibility index (Phi) is 6.85. The molecule has 8 nitrogen and oxygen atoms in total. The number of benzene rings is 1. The first-order valence-corrected chi connectivity index (χ1v) is 11.6. The molecular formula is C23H32N4O4. The van der Waals surface area contributed by atoms with E-state index in [0.29, 0.717) is 37.7 Å². The second kappa shape index (κ2) is 9.77. The second-order valence-electron chi connectivity index (χ2n) is 9.01. The first-order valence-electron chi connectivity index (χ1n) is 11.6. The third kappa shape index (κ3) is 4.89. The highest BCUT2D eigenvalue weighted by Crippen LogP contribution is 2.32. The maximum atomic E-state index is 13.5. The molecule has 2 amide bonds. The number of piperidine rings is 1. The number of nitro groups is 1. The normalized spacial score (nSPS) is 21.8. The lowest BCUT2D eigenvalue weighted by Crippen LogP contribution is -2.59. The van der Waals surface area contributed by atoms with Crippen LogP contribution >= 0.6 is 0 Å². The Morgan fingerprint density at radius 3 is 2.23 bits per heavy atom. The number of hydrogen-bond acceptors (Lipinski definition) is 5. The smallest absolute Gasteiger partial charge is 0.270 e. The molecule has 2 aliphatic heterocycles. The fraction of sp³-hybridized carbons (Fsp3) is 0.652. The molecule has 0 radical (unpaired) electrons. The summed E-state index contributed by atoms with van der Waals surface area (Å²) >= 11 is 0. The maximum absolute atomic E-state index is 13.5. The molecule has 3 aliphatic rings. The van der Waals surface area contributed by atoms with Gasteiger partial charge in [-0.05, 0) is 44.1 Å². The van der Waals surface area contributed by atoms with Crippen LogP contribution in [0.15, 0.2) is 24.3 Å². The quantitative estimate of drug-likeness (QED) is 0.532. The summed E-state index contributed by atoms with van der Waals surface area (Å²) in [7, 11) is 0. The van der Waals surface area contributed by atoms with E-state index in [-0.39, 0.29) is 23.5 Å². The number of amides is 2. The number of likely N-dealkylation sites (tertiary alicyclic amines) is 1. The molecule has 0 spiro atoms. The molecule has 2 heterocycles. The van der Waals surface area contributed by atoms with Crippen LogP contribution in [0.2, 0.25) is 0 Å². The molecular weight excluding hydrogens is 396 g/mol. The molecule has 0 N–H and O–H groups in total. The number of carbonyl (C=O) groups excluding carboxylic acids is 2. The molecule has 3 fully saturated rings. The van der Waals surface area contributed by atoms with Gasteiger partial charge in [-0.15, -0.1) is 0 Å². The van der Waals surface area contributed by atoms with Crippen molar-refractivity contribution in [2.75, 3.05) is 39.3 Å². The molecule has 1 aromatic rings. The number of rotatable bonds is 5. The lowest BCUT2D eigenvalue weighted by molar-refractivity contribution is -0.384. The zero-order valence-corrected chi connectivity index (χ0v) is 18.1. The molecule has 1 saturated carbocycles. The lowest BCUT2D eigenvalue weighted by Gasteiger charge is -2.43. The molecule has 1 atom stereocenters. The predicted octanol–water partition coefficient (Wildman–Crippen LogP) is 2.92. The van der Waals surface area contributed by atoms with Crippen LogP contribution in [0.4, 0.5) is 5.69 Å². The molecule has 4 rings (SSSR count). The van der Waals surface area contributed by atoms with Crippen LogP contribution in [0, 0.1) is 16.0 Å². The van der Waals surface area contributed by atoms with E-state index in [4.69, 9.17) is 0 Å². The first-order chi connectivity index (χ1) is 15.0. The summed E-state index contributed by atoms with van der Waals surface area (Å²) in [6, 6.07) is 5.84. The molecule has 31 heavy (non-hydrogen) atoms. The van der Waals surface area contributed by atoms with Crippen LogP contribution in [-0.2, 0) is 4.79 Å². The molecule has 0 aromatic heterocycles. The summed E-state index contributed by atoms with van der Waals surface area (Å²) in [5.74, 6) is 0.515. The summed E-state index contributed by atoms with van der Waals surface area (Å²) in [6.45, 7) is 4.15. The predicted molar refractivity (Wildman–Crippen MR) is 117 cm³/mol. The molecule has 168 valence electrons. The third-order valence-corrected chi connectivity index (χ3v) is 7.07. The molecule has 0 bridgehead atoms. The highest BCUT2D eigenvalue weighted by Gasteiger charge is 2.39. The summed E-state index contributed by atoms with van der Waals surface area (Å²) < 4.78 is 0. The van der Waals surface area contributed by atoms with Gasteiger partial charge in [-0.25, -0.2) is 0 Å². The van der Waals surface area contributed by atoms with Crippen molar-refractivity contribution in [3.63, 3.8) is 0 Å². The number of carbonyl (C=O) groups is 2. The third-order valence-electron chi connectivity index (χ3n) is 7.07. The van der Waals surface area contributed by atoms with Crippen molar-refractivity contribution >= 4 is 17.5 Å². The number of piperazine rings is 1. The Labute approximate surface area is 183 Å². The van der Waals surface area contributed by atoms with E-state index in [1.165, 1.54) is 31.4 Å². The zero-order valence-electron chi connectivity index (χ0n) is 18.1. The van der Waals surface area contributed by atoms with Gasteiger partial charge < -0.3 is 9.80 Å². The fourth-order valence-corrected chi connectivity index (χ4v) is 5.37. The van der Waals surface area contributed by atoms with Gasteiger partial charge in [-0.2, -0.15) is 0 Å². The van der Waals surface area contributed by atoms with Gasteiger partial charge >= 0.3 is 0 Å². The van der Waals surface area contributed by atoms with Gasteiger partial charge in [0.1, 0.15) is 0 Å². The zero-order chi connectivity index (χ0) is 21.8. The van der Waals surface area contributed by atoms with Crippen molar-refractivity contribution in [2.45, 2.75) is 51.0 Å². The highest BCUT2D eigenvalue weighted by molar-refractivity contribution is 5.95. The second-order valence-corrected chi connectivity index (χ2v) is 9.01. The van der Waals surface area contributed by atoms with E-state index < -0.39 is 4.92 Å². The Morgan fingerprint density at radius 2 is 1.58 bits per heavy atom. The summed E-state index contributed by atoms with van der Waals surface area (Å²) in [4.78, 5) is 43.0. The Morgan fingerprint density at radius 1 is 0.903 bits per heavy atom. The lowest BCUT2D eigenvalue weighted by atomic mass is 9.93. The standard InChI is InChI=1S/C23H32N4O4/c28-22(19-9-6-10-20(17-19)27(30)31)26-15-13-24(14-16-26)21(18-7-2-3-8-18)23(29)25-11-4-1-5-12-25/h6,9-10,17-18,21H,1-5,7-8,11-16H2/t21-/m1/s1. The SMILES string of the molecule is O=C(c1cccc([N+](=O)[O-])c1)N1CCN([C@@H](C(=O)N2CCCCC2)C2CCCC2)CC1. The number of non-ortho nitro benzene ring substituents is 1. The monoisotopic (exact) mass is 428 g/mol. The van der Waals surface area contributed by atoms with Crippen LogP contribution in [0.3, 0.4) is 0 Å². The minimum Gasteiger partial charge on any atom is -0.341 e. The van der Waals surface area contributed by atoms with Crippen molar-refractivity contribution in [1.29, 1.82) is 0 Å². The summed E-state index contributed by atoms with van der Waals surface area (Å²) in [5.41, 5.74) is 0.275. The van der Waals surface area contributed by atoms with Crippen molar-refractivity contribution in [3.05, 3.63) is 39.9 Å². The van der Waals surface area contributed by atoms with E-state index in [9.17, 15) is 19.7 Å². The van der Waals surface area contributed by atoms with E-state index in [2.05, 4.69) is 9.80 Å². The Hall–Kier alpha value is -2.48. The Bertz CT molecular complexity index is 810. The van der Waals surface area contributed by atoms with Gasteiger partial charge in [0.15, 0.2) is 0 Å². The molecule has 8 heteroatoms. The fourth-order valence-electron chi connectivity index (χ4n) is 5.37. The van der Waals surface area contributed by atoms with Crippen LogP contribution in [0.25, 0.3) is 0 Å². The largest absolute Gasteiger partial charge is 0.341 e. The Balaban J connectivity index is 1.42. The van der Waals surface area contributed by atoms with E-state index in [1.54, 1.807) is 17.0 Å². The number of nitro benzene ring substituents is 1. The topological polar surface area (TPSA) is 87.0 Å². The molecule has 0 unspecified atom stereocenters. The molecule has 1 aromatic carbocycles. The summed E-state index contributed by atoms with van der Waals surface area (Å²) in [6.07, 6.45) is 7.99. The van der Waals surface area contributed by atoms with Gasteiger partial charge in [0.25, 0.3) is 11.6 Å². The minimum atomic E-state index is -0.479. The van der Waals surface area contributed by atoms with E-state index in [0.717, 1.165) is 38.8 Å². The minimum absolute atomic E-state index is 0.0714.